The molecule has 6 nitrogen and oxygen atoms in total. The highest BCUT2D eigenvalue weighted by molar-refractivity contribution is 7.89. The summed E-state index contributed by atoms with van der Waals surface area (Å²) in [6.07, 6.45) is -0.357. The Morgan fingerprint density at radius 3 is 2.24 bits per heavy atom. The second-order valence-electron chi connectivity index (χ2n) is 7.11. The number of carbonyl (C=O) groups excluding carboxylic acids is 1. The molecule has 9 heteroatoms. The first-order valence-corrected chi connectivity index (χ1v) is 11.3. The van der Waals surface area contributed by atoms with Crippen molar-refractivity contribution in [3.05, 3.63) is 57.6 Å². The number of carbonyl (C=O) groups is 1. The number of ether oxygens (including phenoxy) is 1. The zero-order valence-corrected chi connectivity index (χ0v) is 18.6. The molecule has 1 N–H and O–H groups in total. The van der Waals surface area contributed by atoms with Gasteiger partial charge >= 0.3 is 0 Å². The monoisotopic (exact) mass is 456 g/mol. The summed E-state index contributed by atoms with van der Waals surface area (Å²) < 4.78 is 32.8. The number of aryl methyl sites for hydroxylation is 1. The van der Waals surface area contributed by atoms with Gasteiger partial charge < -0.3 is 10.1 Å². The molecule has 2 atom stereocenters. The summed E-state index contributed by atoms with van der Waals surface area (Å²) in [4.78, 5) is 12.7. The molecule has 1 fully saturated rings. The minimum Gasteiger partial charge on any atom is -0.373 e. The maximum atomic E-state index is 12.9. The predicted molar refractivity (Wildman–Crippen MR) is 114 cm³/mol. The molecule has 1 aliphatic heterocycles. The van der Waals surface area contributed by atoms with Gasteiger partial charge in [0.05, 0.1) is 32.8 Å². The van der Waals surface area contributed by atoms with Crippen LogP contribution in [-0.4, -0.2) is 43.9 Å². The number of nitrogens with one attached hydrogen (secondary N) is 1. The van der Waals surface area contributed by atoms with Gasteiger partial charge in [0.25, 0.3) is 5.91 Å². The molecule has 2 unspecified atom stereocenters. The number of anilines is 1. The summed E-state index contributed by atoms with van der Waals surface area (Å²) in [5.74, 6) is -0.433. The van der Waals surface area contributed by atoms with Gasteiger partial charge in [-0.2, -0.15) is 4.31 Å². The highest BCUT2D eigenvalue weighted by Gasteiger charge is 2.32. The molecule has 1 amide bonds. The molecule has 156 valence electrons. The number of halogens is 2. The van der Waals surface area contributed by atoms with Crippen molar-refractivity contribution in [2.24, 2.45) is 0 Å². The van der Waals surface area contributed by atoms with Gasteiger partial charge in [0.15, 0.2) is 0 Å². The topological polar surface area (TPSA) is 75.7 Å². The molecule has 0 saturated carbocycles. The second kappa shape index (κ2) is 8.62. The van der Waals surface area contributed by atoms with Crippen LogP contribution >= 0.6 is 23.2 Å². The van der Waals surface area contributed by atoms with Crippen LogP contribution in [-0.2, 0) is 14.8 Å². The predicted octanol–water partition coefficient (Wildman–Crippen LogP) is 4.35. The van der Waals surface area contributed by atoms with Crippen molar-refractivity contribution < 1.29 is 17.9 Å². The maximum Gasteiger partial charge on any atom is 0.255 e. The number of benzene rings is 2. The zero-order chi connectivity index (χ0) is 21.3. The third kappa shape index (κ3) is 4.75. The minimum atomic E-state index is -3.67. The Balaban J connectivity index is 1.80. The SMILES string of the molecule is Cc1ccc(Cl)c(NC(=O)c2ccc(S(=O)(=O)N3CC(C)OC(C)C3)cc2)c1Cl. The van der Waals surface area contributed by atoms with Crippen LogP contribution in [0.25, 0.3) is 0 Å². The highest BCUT2D eigenvalue weighted by Crippen LogP contribution is 2.33. The van der Waals surface area contributed by atoms with Crippen LogP contribution in [0.5, 0.6) is 0 Å². The third-order valence-electron chi connectivity index (χ3n) is 4.66. The van der Waals surface area contributed by atoms with Crippen LogP contribution in [0, 0.1) is 6.92 Å². The number of morpholine rings is 1. The van der Waals surface area contributed by atoms with E-state index in [1.165, 1.54) is 28.6 Å². The second-order valence-corrected chi connectivity index (χ2v) is 9.83. The maximum absolute atomic E-state index is 12.9. The van der Waals surface area contributed by atoms with E-state index in [1.54, 1.807) is 19.1 Å². The van der Waals surface area contributed by atoms with Gasteiger partial charge in [-0.05, 0) is 56.7 Å². The first-order chi connectivity index (χ1) is 13.6. The lowest BCUT2D eigenvalue weighted by atomic mass is 10.2. The first kappa shape index (κ1) is 22.1. The van der Waals surface area contributed by atoms with Crippen LogP contribution < -0.4 is 5.32 Å². The Bertz CT molecular complexity index is 1020. The van der Waals surface area contributed by atoms with Crippen molar-refractivity contribution >= 4 is 44.8 Å². The van der Waals surface area contributed by atoms with Crippen LogP contribution in [0.15, 0.2) is 41.3 Å². The van der Waals surface area contributed by atoms with Gasteiger partial charge in [0.1, 0.15) is 0 Å². The van der Waals surface area contributed by atoms with Gasteiger partial charge in [-0.1, -0.05) is 29.3 Å². The molecule has 0 aliphatic carbocycles. The van der Waals surface area contributed by atoms with Crippen molar-refractivity contribution in [1.82, 2.24) is 4.31 Å². The molecule has 0 bridgehead atoms. The summed E-state index contributed by atoms with van der Waals surface area (Å²) in [7, 11) is -3.67. The molecule has 1 heterocycles. The van der Waals surface area contributed by atoms with Crippen molar-refractivity contribution in [3.8, 4) is 0 Å². The highest BCUT2D eigenvalue weighted by atomic mass is 35.5. The van der Waals surface area contributed by atoms with E-state index in [1.807, 2.05) is 13.8 Å². The standard InChI is InChI=1S/C20H22Cl2N2O4S/c1-12-4-9-17(21)19(18(12)22)23-20(25)15-5-7-16(8-6-15)29(26,27)24-10-13(2)28-14(3)11-24/h4-9,13-14H,10-11H2,1-3H3,(H,23,25). The summed E-state index contributed by atoms with van der Waals surface area (Å²) in [6, 6.07) is 9.19. The summed E-state index contributed by atoms with van der Waals surface area (Å²) in [5, 5.41) is 3.37. The third-order valence-corrected chi connectivity index (χ3v) is 7.31. The van der Waals surface area contributed by atoms with Gasteiger partial charge in [-0.25, -0.2) is 8.42 Å². The van der Waals surface area contributed by atoms with Crippen molar-refractivity contribution in [1.29, 1.82) is 0 Å². The largest absolute Gasteiger partial charge is 0.373 e. The number of rotatable bonds is 4. The van der Waals surface area contributed by atoms with Gasteiger partial charge in [0, 0.05) is 18.7 Å². The Kier molecular flexibility index (Phi) is 6.55. The van der Waals surface area contributed by atoms with E-state index in [-0.39, 0.29) is 17.1 Å². The van der Waals surface area contributed by atoms with E-state index in [0.717, 1.165) is 5.56 Å². The molecule has 0 aromatic heterocycles. The number of sulfonamides is 1. The zero-order valence-electron chi connectivity index (χ0n) is 16.3. The molecular formula is C20H22Cl2N2O4S. The van der Waals surface area contributed by atoms with E-state index in [9.17, 15) is 13.2 Å². The summed E-state index contributed by atoms with van der Waals surface area (Å²) >= 11 is 12.4. The molecule has 3 rings (SSSR count). The normalized spacial score (nSPS) is 20.4. The quantitative estimate of drug-likeness (QED) is 0.741. The number of hydrogen-bond acceptors (Lipinski definition) is 4. The van der Waals surface area contributed by atoms with E-state index in [0.29, 0.717) is 34.4 Å². The molecule has 2 aromatic carbocycles. The van der Waals surface area contributed by atoms with Crippen LogP contribution in [0.2, 0.25) is 10.0 Å². The lowest BCUT2D eigenvalue weighted by Gasteiger charge is -2.34. The van der Waals surface area contributed by atoms with Gasteiger partial charge in [-0.3, -0.25) is 4.79 Å². The van der Waals surface area contributed by atoms with Crippen LogP contribution in [0.1, 0.15) is 29.8 Å². The number of hydrogen-bond donors (Lipinski definition) is 1. The summed E-state index contributed by atoms with van der Waals surface area (Å²) in [6.45, 7) is 6.07. The first-order valence-electron chi connectivity index (χ1n) is 9.11. The van der Waals surface area contributed by atoms with Crippen LogP contribution in [0.3, 0.4) is 0 Å². The molecular weight excluding hydrogens is 435 g/mol. The van der Waals surface area contributed by atoms with Crippen LogP contribution in [0.4, 0.5) is 5.69 Å². The van der Waals surface area contributed by atoms with E-state index < -0.39 is 15.9 Å². The number of nitrogens with zero attached hydrogens (tertiary/aromatic N) is 1. The van der Waals surface area contributed by atoms with Gasteiger partial charge in [-0.15, -0.1) is 0 Å². The Hall–Kier alpha value is -1.64. The lowest BCUT2D eigenvalue weighted by molar-refractivity contribution is -0.0440. The average Bonchev–Trinajstić information content (AvgIpc) is 2.67. The van der Waals surface area contributed by atoms with E-state index >= 15 is 0 Å². The van der Waals surface area contributed by atoms with Crippen molar-refractivity contribution in [3.63, 3.8) is 0 Å². The molecule has 1 aliphatic rings. The Morgan fingerprint density at radius 1 is 1.07 bits per heavy atom. The Labute approximate surface area is 180 Å². The molecule has 0 radical (unpaired) electrons. The lowest BCUT2D eigenvalue weighted by Crippen LogP contribution is -2.48. The fraction of sp³-hybridized carbons (Fsp3) is 0.350. The molecule has 0 spiro atoms. The molecule has 1 saturated heterocycles. The van der Waals surface area contributed by atoms with E-state index in [2.05, 4.69) is 5.32 Å². The molecule has 29 heavy (non-hydrogen) atoms. The van der Waals surface area contributed by atoms with Crippen molar-refractivity contribution in [2.75, 3.05) is 18.4 Å². The fourth-order valence-corrected chi connectivity index (χ4v) is 5.27. The smallest absolute Gasteiger partial charge is 0.255 e. The average molecular weight is 457 g/mol. The molecule has 2 aromatic rings. The van der Waals surface area contributed by atoms with Gasteiger partial charge in [0.2, 0.25) is 10.0 Å². The minimum absolute atomic E-state index is 0.127. The van der Waals surface area contributed by atoms with E-state index in [4.69, 9.17) is 27.9 Å². The summed E-state index contributed by atoms with van der Waals surface area (Å²) in [5.41, 5.74) is 1.40. The number of amides is 1. The Morgan fingerprint density at radius 2 is 1.66 bits per heavy atom. The fourth-order valence-electron chi connectivity index (χ4n) is 3.21. The van der Waals surface area contributed by atoms with Crippen molar-refractivity contribution in [2.45, 2.75) is 37.9 Å².